The standard InChI is InChI=1S/C19H30N2O.C2HF3O2/c1-14(2)17-7-5-16(6-8-17)11-20-12-18-19(13-20)22-10-9-21(18)15(3)4;3-2(4,5)1(6)7/h5-8,14-15,18-19H,9-13H2,1-4H3;(H,6,7)/t18-,19+;/m1./s1. The van der Waals surface area contributed by atoms with Gasteiger partial charge in [-0.1, -0.05) is 38.1 Å². The lowest BCUT2D eigenvalue weighted by molar-refractivity contribution is -0.192. The quantitative estimate of drug-likeness (QED) is 0.811. The van der Waals surface area contributed by atoms with Gasteiger partial charge in [0.25, 0.3) is 0 Å². The Morgan fingerprint density at radius 2 is 1.76 bits per heavy atom. The molecule has 2 fully saturated rings. The van der Waals surface area contributed by atoms with Crippen LogP contribution in [0.15, 0.2) is 24.3 Å². The summed E-state index contributed by atoms with van der Waals surface area (Å²) in [6, 6.07) is 10.3. The Morgan fingerprint density at radius 1 is 1.17 bits per heavy atom. The molecule has 0 spiro atoms. The van der Waals surface area contributed by atoms with Crippen molar-refractivity contribution >= 4 is 5.97 Å². The number of rotatable bonds is 4. The molecule has 1 aromatic rings. The number of morpholine rings is 1. The molecule has 0 radical (unpaired) electrons. The SMILES string of the molecule is CC(C)c1ccc(CN2C[C@@H]3OCCN(C(C)C)[C@@H]3C2)cc1.O=C(O)C(F)(F)F. The van der Waals surface area contributed by atoms with Crippen molar-refractivity contribution in [1.82, 2.24) is 9.80 Å². The van der Waals surface area contributed by atoms with Crippen LogP contribution in [0.25, 0.3) is 0 Å². The summed E-state index contributed by atoms with van der Waals surface area (Å²) >= 11 is 0. The Bertz CT molecular complexity index is 662. The summed E-state index contributed by atoms with van der Waals surface area (Å²) < 4.78 is 37.8. The molecular formula is C21H31F3N2O3. The summed E-state index contributed by atoms with van der Waals surface area (Å²) in [5.41, 5.74) is 2.84. The monoisotopic (exact) mass is 416 g/mol. The molecule has 0 saturated carbocycles. The van der Waals surface area contributed by atoms with E-state index in [-0.39, 0.29) is 0 Å². The molecule has 2 aliphatic rings. The fourth-order valence-electron chi connectivity index (χ4n) is 3.83. The fraction of sp³-hybridized carbons (Fsp3) is 0.667. The topological polar surface area (TPSA) is 53.0 Å². The number of likely N-dealkylation sites (tertiary alicyclic amines) is 1. The van der Waals surface area contributed by atoms with Crippen molar-refractivity contribution < 1.29 is 27.8 Å². The number of hydrogen-bond donors (Lipinski definition) is 1. The summed E-state index contributed by atoms with van der Waals surface area (Å²) in [5, 5.41) is 7.12. The van der Waals surface area contributed by atoms with Crippen LogP contribution in [0.2, 0.25) is 0 Å². The van der Waals surface area contributed by atoms with Crippen LogP contribution in [0.3, 0.4) is 0 Å². The molecule has 2 saturated heterocycles. The van der Waals surface area contributed by atoms with Crippen molar-refractivity contribution in [2.45, 2.75) is 64.5 Å². The maximum Gasteiger partial charge on any atom is 0.490 e. The number of carbonyl (C=O) groups is 1. The van der Waals surface area contributed by atoms with Gasteiger partial charge in [-0.2, -0.15) is 13.2 Å². The smallest absolute Gasteiger partial charge is 0.475 e. The average Bonchev–Trinajstić information content (AvgIpc) is 3.03. The van der Waals surface area contributed by atoms with E-state index in [1.807, 2.05) is 0 Å². The van der Waals surface area contributed by atoms with Crippen LogP contribution >= 0.6 is 0 Å². The molecule has 2 aliphatic heterocycles. The fourth-order valence-corrected chi connectivity index (χ4v) is 3.83. The molecule has 2 heterocycles. The number of halogens is 3. The summed E-state index contributed by atoms with van der Waals surface area (Å²) in [5.74, 6) is -2.15. The summed E-state index contributed by atoms with van der Waals surface area (Å²) in [6.45, 7) is 14.3. The molecule has 1 N–H and O–H groups in total. The molecule has 164 valence electrons. The Balaban J connectivity index is 0.000000370. The molecule has 29 heavy (non-hydrogen) atoms. The minimum Gasteiger partial charge on any atom is -0.475 e. The molecule has 5 nitrogen and oxygen atoms in total. The third kappa shape index (κ3) is 6.69. The van der Waals surface area contributed by atoms with E-state index >= 15 is 0 Å². The zero-order valence-electron chi connectivity index (χ0n) is 17.4. The van der Waals surface area contributed by atoms with Crippen LogP contribution in [-0.4, -0.2) is 71.5 Å². The predicted octanol–water partition coefficient (Wildman–Crippen LogP) is 3.74. The van der Waals surface area contributed by atoms with Crippen molar-refractivity contribution in [2.75, 3.05) is 26.2 Å². The highest BCUT2D eigenvalue weighted by molar-refractivity contribution is 5.73. The lowest BCUT2D eigenvalue weighted by Crippen LogP contribution is -2.53. The number of ether oxygens (including phenoxy) is 1. The largest absolute Gasteiger partial charge is 0.490 e. The molecule has 0 aliphatic carbocycles. The first kappa shape index (κ1) is 23.6. The molecule has 0 bridgehead atoms. The molecular weight excluding hydrogens is 385 g/mol. The molecule has 0 amide bonds. The second-order valence-electron chi connectivity index (χ2n) is 8.20. The third-order valence-electron chi connectivity index (χ3n) is 5.38. The highest BCUT2D eigenvalue weighted by Crippen LogP contribution is 2.26. The number of carboxylic acids is 1. The van der Waals surface area contributed by atoms with Crippen molar-refractivity contribution in [3.63, 3.8) is 0 Å². The van der Waals surface area contributed by atoms with Crippen molar-refractivity contribution in [2.24, 2.45) is 0 Å². The van der Waals surface area contributed by atoms with E-state index in [9.17, 15) is 13.2 Å². The number of hydrogen-bond acceptors (Lipinski definition) is 4. The molecule has 8 heteroatoms. The van der Waals surface area contributed by atoms with Gasteiger partial charge in [-0.25, -0.2) is 4.79 Å². The van der Waals surface area contributed by atoms with Gasteiger partial charge in [0.2, 0.25) is 0 Å². The van der Waals surface area contributed by atoms with E-state index in [2.05, 4.69) is 61.8 Å². The second-order valence-corrected chi connectivity index (χ2v) is 8.20. The minimum absolute atomic E-state index is 0.395. The lowest BCUT2D eigenvalue weighted by Gasteiger charge is -2.39. The van der Waals surface area contributed by atoms with E-state index < -0.39 is 12.1 Å². The van der Waals surface area contributed by atoms with E-state index in [4.69, 9.17) is 14.6 Å². The van der Waals surface area contributed by atoms with Crippen molar-refractivity contribution in [3.05, 3.63) is 35.4 Å². The number of alkyl halides is 3. The van der Waals surface area contributed by atoms with Crippen LogP contribution < -0.4 is 0 Å². The number of nitrogens with zero attached hydrogens (tertiary/aromatic N) is 2. The summed E-state index contributed by atoms with van der Waals surface area (Å²) in [6.07, 6.45) is -4.69. The van der Waals surface area contributed by atoms with Gasteiger partial charge in [0.1, 0.15) is 0 Å². The minimum atomic E-state index is -5.08. The van der Waals surface area contributed by atoms with Crippen LogP contribution in [0.1, 0.15) is 44.7 Å². The average molecular weight is 416 g/mol. The van der Waals surface area contributed by atoms with Gasteiger partial charge in [0, 0.05) is 32.2 Å². The molecule has 3 rings (SSSR count). The first-order chi connectivity index (χ1) is 13.5. The number of fused-ring (bicyclic) bond motifs is 1. The van der Waals surface area contributed by atoms with Gasteiger partial charge in [0.15, 0.2) is 0 Å². The normalized spacial score (nSPS) is 23.1. The zero-order chi connectivity index (χ0) is 21.8. The van der Waals surface area contributed by atoms with Crippen molar-refractivity contribution in [1.29, 1.82) is 0 Å². The van der Waals surface area contributed by atoms with Gasteiger partial charge in [0.05, 0.1) is 18.8 Å². The zero-order valence-corrected chi connectivity index (χ0v) is 17.4. The Kier molecular flexibility index (Phi) is 8.08. The summed E-state index contributed by atoms with van der Waals surface area (Å²) in [4.78, 5) is 14.1. The maximum atomic E-state index is 10.6. The Hall–Kier alpha value is -1.64. The molecule has 2 atom stereocenters. The molecule has 0 unspecified atom stereocenters. The van der Waals surface area contributed by atoms with Gasteiger partial charge >= 0.3 is 12.1 Å². The van der Waals surface area contributed by atoms with E-state index in [0.29, 0.717) is 24.1 Å². The second kappa shape index (κ2) is 9.91. The highest BCUT2D eigenvalue weighted by atomic mass is 19.4. The van der Waals surface area contributed by atoms with E-state index in [1.54, 1.807) is 0 Å². The van der Waals surface area contributed by atoms with Crippen molar-refractivity contribution in [3.8, 4) is 0 Å². The van der Waals surface area contributed by atoms with Crippen LogP contribution in [0.5, 0.6) is 0 Å². The summed E-state index contributed by atoms with van der Waals surface area (Å²) in [7, 11) is 0. The third-order valence-corrected chi connectivity index (χ3v) is 5.38. The first-order valence-corrected chi connectivity index (χ1v) is 9.97. The number of aliphatic carboxylic acids is 1. The van der Waals surface area contributed by atoms with Gasteiger partial charge < -0.3 is 9.84 Å². The molecule has 1 aromatic carbocycles. The Labute approximate surface area is 170 Å². The Morgan fingerprint density at radius 3 is 2.24 bits per heavy atom. The van der Waals surface area contributed by atoms with Gasteiger partial charge in [-0.05, 0) is 30.9 Å². The number of benzene rings is 1. The van der Waals surface area contributed by atoms with Gasteiger partial charge in [-0.15, -0.1) is 0 Å². The van der Waals surface area contributed by atoms with Gasteiger partial charge in [-0.3, -0.25) is 9.80 Å². The van der Waals surface area contributed by atoms with Crippen LogP contribution in [0.4, 0.5) is 13.2 Å². The van der Waals surface area contributed by atoms with Crippen LogP contribution in [0, 0.1) is 0 Å². The van der Waals surface area contributed by atoms with E-state index in [1.165, 1.54) is 11.1 Å². The highest BCUT2D eigenvalue weighted by Gasteiger charge is 2.40. The molecule has 0 aromatic heterocycles. The first-order valence-electron chi connectivity index (χ1n) is 9.97. The predicted molar refractivity (Wildman–Crippen MR) is 105 cm³/mol. The van der Waals surface area contributed by atoms with E-state index in [0.717, 1.165) is 32.8 Å². The lowest BCUT2D eigenvalue weighted by atomic mass is 10.0. The maximum absolute atomic E-state index is 10.6. The van der Waals surface area contributed by atoms with Crippen LogP contribution in [-0.2, 0) is 16.1 Å². The number of carboxylic acid groups (broad SMARTS) is 1.